The molecular formula is C20H37ClN12O. The van der Waals surface area contributed by atoms with Crippen LogP contribution in [0.15, 0.2) is 0 Å². The SMILES string of the molecule is N=C(N)NCCCCCN1CCN(CCCCNC(=N)NC(=O)c2nc(Cl)c(N)nc2N)CC1. The Kier molecular flexibility index (Phi) is 11.6. The zero-order valence-electron chi connectivity index (χ0n) is 19.5. The molecule has 0 radical (unpaired) electrons. The lowest BCUT2D eigenvalue weighted by Crippen LogP contribution is -2.46. The Balaban J connectivity index is 1.51. The van der Waals surface area contributed by atoms with Gasteiger partial charge in [-0.1, -0.05) is 18.0 Å². The first-order chi connectivity index (χ1) is 16.3. The topological polar surface area (TPSA) is 211 Å². The van der Waals surface area contributed by atoms with Crippen LogP contribution in [0.25, 0.3) is 0 Å². The number of aromatic nitrogens is 2. The van der Waals surface area contributed by atoms with Gasteiger partial charge < -0.3 is 37.6 Å². The van der Waals surface area contributed by atoms with Gasteiger partial charge in [0.15, 0.2) is 34.4 Å². The molecule has 1 fully saturated rings. The molecule has 0 spiro atoms. The van der Waals surface area contributed by atoms with Crippen molar-refractivity contribution in [1.82, 2.24) is 35.7 Å². The Morgan fingerprint density at radius 3 is 2.06 bits per heavy atom. The van der Waals surface area contributed by atoms with Crippen molar-refractivity contribution >= 4 is 41.1 Å². The molecule has 1 aliphatic heterocycles. The third kappa shape index (κ3) is 9.93. The van der Waals surface area contributed by atoms with Gasteiger partial charge in [0.1, 0.15) is 0 Å². The Morgan fingerprint density at radius 2 is 1.44 bits per heavy atom. The molecular weight excluding hydrogens is 460 g/mol. The van der Waals surface area contributed by atoms with Gasteiger partial charge >= 0.3 is 0 Å². The molecule has 0 bridgehead atoms. The first kappa shape index (κ1) is 27.3. The van der Waals surface area contributed by atoms with Crippen molar-refractivity contribution in [2.75, 3.05) is 63.8 Å². The minimum Gasteiger partial charge on any atom is -0.382 e. The van der Waals surface area contributed by atoms with E-state index in [0.29, 0.717) is 6.54 Å². The molecule has 14 heteroatoms. The number of anilines is 2. The average Bonchev–Trinajstić information content (AvgIpc) is 2.79. The molecule has 0 aliphatic carbocycles. The summed E-state index contributed by atoms with van der Waals surface area (Å²) in [7, 11) is 0. The number of guanidine groups is 2. The van der Waals surface area contributed by atoms with Crippen LogP contribution in [0.2, 0.25) is 5.15 Å². The molecule has 190 valence electrons. The zero-order chi connectivity index (χ0) is 24.9. The average molecular weight is 497 g/mol. The number of hydrogen-bond acceptors (Lipinski definition) is 9. The molecule has 11 N–H and O–H groups in total. The van der Waals surface area contributed by atoms with E-state index in [4.69, 9.17) is 39.6 Å². The molecule has 1 aliphatic rings. The van der Waals surface area contributed by atoms with Crippen molar-refractivity contribution in [2.45, 2.75) is 32.1 Å². The monoisotopic (exact) mass is 496 g/mol. The number of piperazine rings is 1. The van der Waals surface area contributed by atoms with Crippen molar-refractivity contribution in [1.29, 1.82) is 10.8 Å². The lowest BCUT2D eigenvalue weighted by Gasteiger charge is -2.34. The van der Waals surface area contributed by atoms with Crippen LogP contribution in [0.4, 0.5) is 11.6 Å². The van der Waals surface area contributed by atoms with Crippen molar-refractivity contribution in [3.63, 3.8) is 0 Å². The maximum atomic E-state index is 12.2. The van der Waals surface area contributed by atoms with Crippen LogP contribution >= 0.6 is 11.6 Å². The smallest absolute Gasteiger partial charge is 0.280 e. The van der Waals surface area contributed by atoms with E-state index >= 15 is 0 Å². The number of nitrogen functional groups attached to an aromatic ring is 2. The fourth-order valence-electron chi connectivity index (χ4n) is 3.60. The molecule has 1 aromatic heterocycles. The lowest BCUT2D eigenvalue weighted by atomic mass is 10.2. The number of carbonyl (C=O) groups is 1. The molecule has 0 saturated carbocycles. The molecule has 0 atom stereocenters. The summed E-state index contributed by atoms with van der Waals surface area (Å²) >= 11 is 5.78. The number of nitrogens with two attached hydrogens (primary N) is 3. The van der Waals surface area contributed by atoms with Crippen LogP contribution < -0.4 is 33.2 Å². The van der Waals surface area contributed by atoms with Crippen LogP contribution in [0.3, 0.4) is 0 Å². The predicted octanol–water partition coefficient (Wildman–Crippen LogP) is -0.400. The zero-order valence-corrected chi connectivity index (χ0v) is 20.3. The molecule has 34 heavy (non-hydrogen) atoms. The Hall–Kier alpha value is -2.90. The summed E-state index contributed by atoms with van der Waals surface area (Å²) < 4.78 is 0. The van der Waals surface area contributed by atoms with Gasteiger partial charge in [0.2, 0.25) is 0 Å². The summed E-state index contributed by atoms with van der Waals surface area (Å²) in [4.78, 5) is 24.7. The van der Waals surface area contributed by atoms with E-state index in [1.807, 2.05) is 0 Å². The molecule has 1 saturated heterocycles. The van der Waals surface area contributed by atoms with Gasteiger partial charge in [0.05, 0.1) is 0 Å². The highest BCUT2D eigenvalue weighted by Gasteiger charge is 2.18. The number of unbranched alkanes of at least 4 members (excludes halogenated alkanes) is 3. The van der Waals surface area contributed by atoms with E-state index in [9.17, 15) is 4.79 Å². The van der Waals surface area contributed by atoms with Crippen molar-refractivity contribution in [3.8, 4) is 0 Å². The minimum atomic E-state index is -0.671. The highest BCUT2D eigenvalue weighted by atomic mass is 35.5. The number of amides is 1. The van der Waals surface area contributed by atoms with E-state index < -0.39 is 5.91 Å². The number of nitrogens with one attached hydrogen (secondary N) is 5. The van der Waals surface area contributed by atoms with Crippen LogP contribution in [-0.4, -0.2) is 90.0 Å². The largest absolute Gasteiger partial charge is 0.382 e. The van der Waals surface area contributed by atoms with E-state index in [1.165, 1.54) is 0 Å². The maximum absolute atomic E-state index is 12.2. The minimum absolute atomic E-state index is 0.0398. The molecule has 0 unspecified atom stereocenters. The number of nitrogens with zero attached hydrogens (tertiary/aromatic N) is 4. The van der Waals surface area contributed by atoms with Crippen molar-refractivity contribution in [3.05, 3.63) is 10.8 Å². The van der Waals surface area contributed by atoms with Crippen molar-refractivity contribution in [2.24, 2.45) is 5.73 Å². The molecule has 13 nitrogen and oxygen atoms in total. The number of hydrogen-bond donors (Lipinski definition) is 8. The Bertz CT molecular complexity index is 828. The van der Waals surface area contributed by atoms with Gasteiger partial charge in [0.25, 0.3) is 5.91 Å². The molecule has 2 heterocycles. The third-order valence-electron chi connectivity index (χ3n) is 5.49. The highest BCUT2D eigenvalue weighted by Crippen LogP contribution is 2.17. The summed E-state index contributed by atoms with van der Waals surface area (Å²) in [5.74, 6) is -0.965. The van der Waals surface area contributed by atoms with Crippen molar-refractivity contribution < 1.29 is 4.79 Å². The van der Waals surface area contributed by atoms with Gasteiger partial charge in [-0.3, -0.25) is 20.9 Å². The second-order valence-corrected chi connectivity index (χ2v) is 8.54. The van der Waals surface area contributed by atoms with Crippen LogP contribution in [0.1, 0.15) is 42.6 Å². The van der Waals surface area contributed by atoms with Gasteiger partial charge in [-0.05, 0) is 38.8 Å². The fraction of sp³-hybridized carbons (Fsp3) is 0.650. The van der Waals surface area contributed by atoms with Crippen LogP contribution in [-0.2, 0) is 0 Å². The Labute approximate surface area is 205 Å². The standard InChI is InChI=1S/C20H37ClN12O/c21-15-17(23)30-16(22)14(29-15)18(34)31-20(26)28-7-3-5-9-33-12-10-32(11-13-33)8-4-1-2-6-27-19(24)25/h1-13H2,(H4,22,23,30)(H4,24,25,27)(H3,26,28,31,34). The summed E-state index contributed by atoms with van der Waals surface area (Å²) in [5.41, 5.74) is 16.2. The Morgan fingerprint density at radius 1 is 0.882 bits per heavy atom. The lowest BCUT2D eigenvalue weighted by molar-refractivity contribution is 0.0971. The first-order valence-corrected chi connectivity index (χ1v) is 11.9. The van der Waals surface area contributed by atoms with Gasteiger partial charge in [0, 0.05) is 39.3 Å². The van der Waals surface area contributed by atoms with E-state index in [0.717, 1.165) is 77.9 Å². The predicted molar refractivity (Wildman–Crippen MR) is 135 cm³/mol. The van der Waals surface area contributed by atoms with E-state index in [-0.39, 0.29) is 34.4 Å². The third-order valence-corrected chi connectivity index (χ3v) is 5.77. The number of rotatable bonds is 12. The second-order valence-electron chi connectivity index (χ2n) is 8.18. The maximum Gasteiger partial charge on any atom is 0.280 e. The summed E-state index contributed by atoms with van der Waals surface area (Å²) in [6.07, 6.45) is 5.22. The number of halogens is 1. The van der Waals surface area contributed by atoms with Crippen LogP contribution in [0, 0.1) is 10.8 Å². The molecule has 0 aromatic carbocycles. The van der Waals surface area contributed by atoms with E-state index in [1.54, 1.807) is 0 Å². The van der Waals surface area contributed by atoms with E-state index in [2.05, 4.69) is 35.7 Å². The second kappa shape index (κ2) is 14.4. The number of carbonyl (C=O) groups excluding carboxylic acids is 1. The molecule has 1 aromatic rings. The summed E-state index contributed by atoms with van der Waals surface area (Å²) in [6, 6.07) is 0. The molecule has 2 rings (SSSR count). The highest BCUT2D eigenvalue weighted by molar-refractivity contribution is 6.31. The van der Waals surface area contributed by atoms with Gasteiger partial charge in [-0.25, -0.2) is 9.97 Å². The van der Waals surface area contributed by atoms with Gasteiger partial charge in [-0.15, -0.1) is 0 Å². The normalized spacial score (nSPS) is 14.5. The fourth-order valence-corrected chi connectivity index (χ4v) is 3.72. The molecule has 1 amide bonds. The van der Waals surface area contributed by atoms with Crippen LogP contribution in [0.5, 0.6) is 0 Å². The first-order valence-electron chi connectivity index (χ1n) is 11.5. The summed E-state index contributed by atoms with van der Waals surface area (Å²) in [6.45, 7) is 7.78. The van der Waals surface area contributed by atoms with Gasteiger partial charge in [-0.2, -0.15) is 0 Å². The summed E-state index contributed by atoms with van der Waals surface area (Å²) in [5, 5.41) is 23.0. The quantitative estimate of drug-likeness (QED) is 0.106.